The number of hydrogen-bond acceptors (Lipinski definition) is 3. The Kier molecular flexibility index (Phi) is 7.80. The maximum absolute atomic E-state index is 11.7. The summed E-state index contributed by atoms with van der Waals surface area (Å²) in [6.07, 6.45) is 2.81. The Morgan fingerprint density at radius 3 is 2.35 bits per heavy atom. The quantitative estimate of drug-likeness (QED) is 0.390. The fourth-order valence-electron chi connectivity index (χ4n) is 1.45. The van der Waals surface area contributed by atoms with Crippen molar-refractivity contribution >= 4 is 35.0 Å². The zero-order chi connectivity index (χ0) is 13.5. The summed E-state index contributed by atoms with van der Waals surface area (Å²) >= 11 is 12.2. The Morgan fingerprint density at radius 1 is 1.35 bits per heavy atom. The van der Waals surface area contributed by atoms with Crippen LogP contribution >= 0.6 is 23.2 Å². The maximum Gasteiger partial charge on any atom is 0.334 e. The summed E-state index contributed by atoms with van der Waals surface area (Å²) in [5.74, 6) is -1.11. The third-order valence-corrected chi connectivity index (χ3v) is 3.48. The summed E-state index contributed by atoms with van der Waals surface area (Å²) < 4.78 is 4.82. The molecule has 0 aliphatic heterocycles. The second kappa shape index (κ2) is 7.93. The molecule has 17 heavy (non-hydrogen) atoms. The van der Waals surface area contributed by atoms with Gasteiger partial charge in [-0.25, -0.2) is 4.79 Å². The summed E-state index contributed by atoms with van der Waals surface area (Å²) in [5.41, 5.74) is 0. The molecule has 0 fully saturated rings. The number of carbonyl (C=O) groups is 2. The molecule has 0 aliphatic rings. The van der Waals surface area contributed by atoms with Crippen LogP contribution in [0.15, 0.2) is 0 Å². The monoisotopic (exact) mass is 282 g/mol. The number of unbranched alkanes of at least 4 members (excludes halogenated alkanes) is 1. The molecule has 0 bridgehead atoms. The third-order valence-electron chi connectivity index (χ3n) is 2.53. The van der Waals surface area contributed by atoms with Crippen LogP contribution in [-0.2, 0) is 14.3 Å². The van der Waals surface area contributed by atoms with Gasteiger partial charge in [-0.05, 0) is 20.3 Å². The van der Waals surface area contributed by atoms with Crippen molar-refractivity contribution in [2.75, 3.05) is 6.61 Å². The zero-order valence-corrected chi connectivity index (χ0v) is 12.1. The van der Waals surface area contributed by atoms with Crippen molar-refractivity contribution in [3.05, 3.63) is 0 Å². The van der Waals surface area contributed by atoms with Gasteiger partial charge >= 0.3 is 5.97 Å². The van der Waals surface area contributed by atoms with Crippen molar-refractivity contribution in [1.82, 2.24) is 0 Å². The van der Waals surface area contributed by atoms with Gasteiger partial charge in [0.05, 0.1) is 6.61 Å². The number of esters is 1. The molecule has 0 saturated heterocycles. The van der Waals surface area contributed by atoms with Gasteiger partial charge < -0.3 is 4.74 Å². The number of Topliss-reactive ketones (excluding diaryl/α,β-unsaturated/α-hetero) is 1. The van der Waals surface area contributed by atoms with Crippen molar-refractivity contribution in [3.63, 3.8) is 0 Å². The van der Waals surface area contributed by atoms with Gasteiger partial charge in [0.1, 0.15) is 0 Å². The minimum absolute atomic E-state index is 0.115. The standard InChI is InChI=1S/C12H20Cl2O3/c1-4-6-7-10(13)8-12(14,9(3)15)11(16)17-5-2/h10H,4-8H2,1-3H3. The Hall–Kier alpha value is -0.280. The topological polar surface area (TPSA) is 43.4 Å². The van der Waals surface area contributed by atoms with Crippen LogP contribution in [0.1, 0.15) is 46.5 Å². The van der Waals surface area contributed by atoms with Crippen LogP contribution in [0.5, 0.6) is 0 Å². The molecule has 2 atom stereocenters. The smallest absolute Gasteiger partial charge is 0.334 e. The molecule has 0 amide bonds. The summed E-state index contributed by atoms with van der Waals surface area (Å²) in [6.45, 7) is 5.20. The van der Waals surface area contributed by atoms with Crippen molar-refractivity contribution in [2.24, 2.45) is 0 Å². The number of rotatable bonds is 8. The summed E-state index contributed by atoms with van der Waals surface area (Å²) in [5, 5.41) is -0.291. The molecule has 5 heteroatoms. The van der Waals surface area contributed by atoms with Crippen LogP contribution in [0.3, 0.4) is 0 Å². The van der Waals surface area contributed by atoms with Crippen LogP contribution < -0.4 is 0 Å². The number of alkyl halides is 2. The fraction of sp³-hybridized carbons (Fsp3) is 0.833. The van der Waals surface area contributed by atoms with E-state index < -0.39 is 16.6 Å². The van der Waals surface area contributed by atoms with E-state index in [1.54, 1.807) is 6.92 Å². The minimum Gasteiger partial charge on any atom is -0.464 e. The molecule has 0 saturated carbocycles. The molecule has 0 spiro atoms. The molecule has 0 aromatic heterocycles. The maximum atomic E-state index is 11.7. The van der Waals surface area contributed by atoms with Crippen molar-refractivity contribution < 1.29 is 14.3 Å². The van der Waals surface area contributed by atoms with Crippen molar-refractivity contribution in [2.45, 2.75) is 56.7 Å². The SMILES string of the molecule is CCCCC(Cl)CC(Cl)(C(C)=O)C(=O)OCC. The van der Waals surface area contributed by atoms with Crippen LogP contribution in [-0.4, -0.2) is 28.6 Å². The fourth-order valence-corrected chi connectivity index (χ4v) is 2.15. The van der Waals surface area contributed by atoms with Crippen LogP contribution in [0.25, 0.3) is 0 Å². The molecule has 2 unspecified atom stereocenters. The van der Waals surface area contributed by atoms with Gasteiger partial charge in [-0.3, -0.25) is 4.79 Å². The van der Waals surface area contributed by atoms with E-state index in [1.165, 1.54) is 6.92 Å². The second-order valence-electron chi connectivity index (χ2n) is 4.02. The molecule has 0 N–H and O–H groups in total. The van der Waals surface area contributed by atoms with Crippen LogP contribution in [0.2, 0.25) is 0 Å². The van der Waals surface area contributed by atoms with E-state index in [-0.39, 0.29) is 18.4 Å². The first-order chi connectivity index (χ1) is 7.88. The van der Waals surface area contributed by atoms with Crippen molar-refractivity contribution in [1.29, 1.82) is 0 Å². The molecule has 0 aromatic carbocycles. The van der Waals surface area contributed by atoms with Crippen LogP contribution in [0, 0.1) is 0 Å². The van der Waals surface area contributed by atoms with E-state index in [0.29, 0.717) is 0 Å². The van der Waals surface area contributed by atoms with Gasteiger partial charge in [-0.1, -0.05) is 31.4 Å². The van der Waals surface area contributed by atoms with E-state index in [9.17, 15) is 9.59 Å². The predicted molar refractivity (Wildman–Crippen MR) is 69.7 cm³/mol. The number of carbonyl (C=O) groups excluding carboxylic acids is 2. The van der Waals surface area contributed by atoms with Gasteiger partial charge in [0, 0.05) is 11.8 Å². The Morgan fingerprint density at radius 2 is 1.94 bits per heavy atom. The van der Waals surface area contributed by atoms with Gasteiger partial charge in [-0.15, -0.1) is 11.6 Å². The Labute approximate surface area is 113 Å². The Balaban J connectivity index is 4.61. The molecular formula is C12H20Cl2O3. The molecule has 100 valence electrons. The van der Waals surface area contributed by atoms with E-state index in [2.05, 4.69) is 0 Å². The molecular weight excluding hydrogens is 263 g/mol. The third kappa shape index (κ3) is 5.26. The van der Waals surface area contributed by atoms with E-state index in [1.807, 2.05) is 6.92 Å². The molecule has 0 aromatic rings. The molecule has 3 nitrogen and oxygen atoms in total. The van der Waals surface area contributed by atoms with Gasteiger partial charge in [0.15, 0.2) is 5.78 Å². The van der Waals surface area contributed by atoms with E-state index >= 15 is 0 Å². The van der Waals surface area contributed by atoms with E-state index in [4.69, 9.17) is 27.9 Å². The largest absolute Gasteiger partial charge is 0.464 e. The lowest BCUT2D eigenvalue weighted by Crippen LogP contribution is -2.43. The van der Waals surface area contributed by atoms with E-state index in [0.717, 1.165) is 19.3 Å². The predicted octanol–water partition coefficient (Wildman–Crippen LogP) is 3.30. The average molecular weight is 283 g/mol. The second-order valence-corrected chi connectivity index (χ2v) is 5.28. The first-order valence-corrected chi connectivity index (χ1v) is 6.71. The highest BCUT2D eigenvalue weighted by Gasteiger charge is 2.44. The first-order valence-electron chi connectivity index (χ1n) is 5.89. The summed E-state index contributed by atoms with van der Waals surface area (Å²) in [6, 6.07) is 0. The number of halogens is 2. The summed E-state index contributed by atoms with van der Waals surface area (Å²) in [7, 11) is 0. The summed E-state index contributed by atoms with van der Waals surface area (Å²) in [4.78, 5) is 21.6. The molecule has 0 heterocycles. The number of ketones is 1. The average Bonchev–Trinajstić information content (AvgIpc) is 2.26. The zero-order valence-electron chi connectivity index (χ0n) is 10.6. The van der Waals surface area contributed by atoms with Crippen LogP contribution in [0.4, 0.5) is 0 Å². The highest BCUT2D eigenvalue weighted by molar-refractivity contribution is 6.45. The first kappa shape index (κ1) is 16.7. The van der Waals surface area contributed by atoms with Gasteiger partial charge in [0.25, 0.3) is 0 Å². The lowest BCUT2D eigenvalue weighted by Gasteiger charge is -2.24. The highest BCUT2D eigenvalue weighted by atomic mass is 35.5. The number of ether oxygens (including phenoxy) is 1. The normalized spacial score (nSPS) is 16.1. The molecule has 0 aliphatic carbocycles. The minimum atomic E-state index is -1.63. The lowest BCUT2D eigenvalue weighted by molar-refractivity contribution is -0.149. The molecule has 0 radical (unpaired) electrons. The van der Waals surface area contributed by atoms with Gasteiger partial charge in [0.2, 0.25) is 4.87 Å². The number of hydrogen-bond donors (Lipinski definition) is 0. The van der Waals surface area contributed by atoms with Gasteiger partial charge in [-0.2, -0.15) is 0 Å². The highest BCUT2D eigenvalue weighted by Crippen LogP contribution is 2.29. The lowest BCUT2D eigenvalue weighted by atomic mass is 9.96. The molecule has 0 rings (SSSR count). The Bertz CT molecular complexity index is 268. The van der Waals surface area contributed by atoms with Crippen molar-refractivity contribution in [3.8, 4) is 0 Å².